The van der Waals surface area contributed by atoms with Crippen molar-refractivity contribution in [1.29, 1.82) is 0 Å². The number of hydrogen-bond acceptors (Lipinski definition) is 6. The number of H-pyrrole nitrogens is 1. The Labute approximate surface area is 144 Å². The number of nitrogens with zero attached hydrogens (tertiary/aromatic N) is 4. The summed E-state index contributed by atoms with van der Waals surface area (Å²) in [5, 5.41) is 4.82. The zero-order chi connectivity index (χ0) is 16.8. The summed E-state index contributed by atoms with van der Waals surface area (Å²) in [5.74, 6) is 2.69. The summed E-state index contributed by atoms with van der Waals surface area (Å²) in [5.41, 5.74) is 0.638. The number of nitrogens with one attached hydrogen (secondary N) is 1. The molecule has 7 nitrogen and oxygen atoms in total. The van der Waals surface area contributed by atoms with Gasteiger partial charge in [-0.3, -0.25) is 9.69 Å². The highest BCUT2D eigenvalue weighted by Gasteiger charge is 2.34. The fraction of sp³-hybridized carbons (Fsp3) is 0.444. The van der Waals surface area contributed by atoms with E-state index in [1.54, 1.807) is 6.07 Å². The fourth-order valence-corrected chi connectivity index (χ4v) is 3.59. The van der Waals surface area contributed by atoms with E-state index in [-0.39, 0.29) is 11.6 Å². The molecule has 5 rings (SSSR count). The van der Waals surface area contributed by atoms with Gasteiger partial charge in [-0.1, -0.05) is 17.3 Å². The van der Waals surface area contributed by atoms with Crippen molar-refractivity contribution in [3.05, 3.63) is 52.2 Å². The molecule has 1 atom stereocenters. The van der Waals surface area contributed by atoms with Crippen LogP contribution in [0.25, 0.3) is 10.9 Å². The monoisotopic (exact) mass is 337 g/mol. The van der Waals surface area contributed by atoms with E-state index in [0.717, 1.165) is 49.5 Å². The lowest BCUT2D eigenvalue weighted by molar-refractivity contribution is 0.228. The summed E-state index contributed by atoms with van der Waals surface area (Å²) in [6.07, 6.45) is 4.38. The highest BCUT2D eigenvalue weighted by atomic mass is 16.5. The van der Waals surface area contributed by atoms with Crippen molar-refractivity contribution >= 4 is 10.9 Å². The van der Waals surface area contributed by atoms with Gasteiger partial charge in [-0.05, 0) is 44.4 Å². The minimum absolute atomic E-state index is 0.0908. The zero-order valence-corrected chi connectivity index (χ0v) is 13.8. The smallest absolute Gasteiger partial charge is 0.258 e. The quantitative estimate of drug-likeness (QED) is 0.787. The van der Waals surface area contributed by atoms with Crippen LogP contribution in [0.2, 0.25) is 0 Å². The molecule has 3 heterocycles. The number of benzene rings is 1. The minimum atomic E-state index is -0.0908. The lowest BCUT2D eigenvalue weighted by Crippen LogP contribution is -2.26. The lowest BCUT2D eigenvalue weighted by Gasteiger charge is -2.21. The molecule has 0 bridgehead atoms. The molecule has 25 heavy (non-hydrogen) atoms. The van der Waals surface area contributed by atoms with E-state index in [0.29, 0.717) is 23.7 Å². The number of fused-ring (bicyclic) bond motifs is 1. The van der Waals surface area contributed by atoms with Gasteiger partial charge in [-0.2, -0.15) is 4.98 Å². The number of aromatic amines is 1. The van der Waals surface area contributed by atoms with Crippen molar-refractivity contribution in [2.45, 2.75) is 44.2 Å². The van der Waals surface area contributed by atoms with Crippen LogP contribution in [0.5, 0.6) is 0 Å². The van der Waals surface area contributed by atoms with E-state index in [9.17, 15) is 4.79 Å². The fourth-order valence-electron chi connectivity index (χ4n) is 3.59. The third kappa shape index (κ3) is 2.74. The zero-order valence-electron chi connectivity index (χ0n) is 13.8. The molecule has 2 fully saturated rings. The van der Waals surface area contributed by atoms with E-state index in [4.69, 9.17) is 4.52 Å². The molecule has 0 radical (unpaired) electrons. The Morgan fingerprint density at radius 2 is 2.08 bits per heavy atom. The molecule has 1 N–H and O–H groups in total. The standard InChI is InChI=1S/C18H19N5O2/c24-17-12-4-1-2-5-13(12)19-15(20-17)10-23-9-3-6-14(23)16-21-18(25-22-16)11-7-8-11/h1-2,4-5,11,14H,3,6-10H2,(H,19,20,24)/t14-/m1/s1. The highest BCUT2D eigenvalue weighted by Crippen LogP contribution is 2.40. The number of rotatable bonds is 4. The number of likely N-dealkylation sites (tertiary alicyclic amines) is 1. The second kappa shape index (κ2) is 5.77. The third-order valence-electron chi connectivity index (χ3n) is 5.06. The second-order valence-corrected chi connectivity index (χ2v) is 6.92. The molecule has 2 aromatic heterocycles. The van der Waals surface area contributed by atoms with E-state index in [2.05, 4.69) is 25.0 Å². The normalized spacial score (nSPS) is 21.2. The summed E-state index contributed by atoms with van der Waals surface area (Å²) in [7, 11) is 0. The molecule has 0 unspecified atom stereocenters. The van der Waals surface area contributed by atoms with Crippen molar-refractivity contribution in [1.82, 2.24) is 25.0 Å². The van der Waals surface area contributed by atoms with Gasteiger partial charge in [0.15, 0.2) is 5.82 Å². The van der Waals surface area contributed by atoms with Crippen molar-refractivity contribution < 1.29 is 4.52 Å². The summed E-state index contributed by atoms with van der Waals surface area (Å²) in [4.78, 5) is 26.7. The Morgan fingerprint density at radius 1 is 1.20 bits per heavy atom. The Bertz CT molecular complexity index is 975. The summed E-state index contributed by atoms with van der Waals surface area (Å²) >= 11 is 0. The van der Waals surface area contributed by atoms with Gasteiger partial charge < -0.3 is 9.51 Å². The molecular formula is C18H19N5O2. The van der Waals surface area contributed by atoms with E-state index < -0.39 is 0 Å². The maximum atomic E-state index is 12.3. The summed E-state index contributed by atoms with van der Waals surface area (Å²) in [6, 6.07) is 7.55. The van der Waals surface area contributed by atoms with Gasteiger partial charge in [-0.15, -0.1) is 0 Å². The Hall–Kier alpha value is -2.54. The van der Waals surface area contributed by atoms with Crippen molar-refractivity contribution in [2.75, 3.05) is 6.54 Å². The molecule has 1 aliphatic heterocycles. The predicted molar refractivity (Wildman–Crippen MR) is 91.0 cm³/mol. The number of hydrogen-bond donors (Lipinski definition) is 1. The van der Waals surface area contributed by atoms with Crippen LogP contribution in [0.3, 0.4) is 0 Å². The molecule has 1 aromatic carbocycles. The van der Waals surface area contributed by atoms with Gasteiger partial charge in [-0.25, -0.2) is 4.98 Å². The molecule has 0 spiro atoms. The van der Waals surface area contributed by atoms with E-state index in [1.807, 2.05) is 18.2 Å². The first-order valence-corrected chi connectivity index (χ1v) is 8.83. The molecule has 1 aliphatic carbocycles. The van der Waals surface area contributed by atoms with Crippen molar-refractivity contribution in [3.63, 3.8) is 0 Å². The maximum absolute atomic E-state index is 12.3. The SMILES string of the molecule is O=c1[nH]c(CN2CCC[C@@H]2c2noc(C3CC3)n2)nc2ccccc12. The van der Waals surface area contributed by atoms with Gasteiger partial charge in [0.05, 0.1) is 23.5 Å². The summed E-state index contributed by atoms with van der Waals surface area (Å²) in [6.45, 7) is 1.52. The molecule has 1 saturated heterocycles. The molecule has 3 aromatic rings. The van der Waals surface area contributed by atoms with Crippen LogP contribution in [0.1, 0.15) is 55.2 Å². The largest absolute Gasteiger partial charge is 0.339 e. The third-order valence-corrected chi connectivity index (χ3v) is 5.06. The van der Waals surface area contributed by atoms with Crippen LogP contribution < -0.4 is 5.56 Å². The van der Waals surface area contributed by atoms with Crippen molar-refractivity contribution in [2.24, 2.45) is 0 Å². The molecule has 7 heteroatoms. The maximum Gasteiger partial charge on any atom is 0.258 e. The van der Waals surface area contributed by atoms with Crippen LogP contribution in [0.4, 0.5) is 0 Å². The first kappa shape index (κ1) is 14.8. The first-order chi connectivity index (χ1) is 12.3. The van der Waals surface area contributed by atoms with Crippen molar-refractivity contribution in [3.8, 4) is 0 Å². The van der Waals surface area contributed by atoms with E-state index in [1.165, 1.54) is 0 Å². The van der Waals surface area contributed by atoms with Crippen LogP contribution >= 0.6 is 0 Å². The summed E-state index contributed by atoms with van der Waals surface area (Å²) < 4.78 is 5.42. The van der Waals surface area contributed by atoms with Gasteiger partial charge in [0.1, 0.15) is 5.82 Å². The van der Waals surface area contributed by atoms with Crippen LogP contribution in [0.15, 0.2) is 33.6 Å². The second-order valence-electron chi connectivity index (χ2n) is 6.92. The van der Waals surface area contributed by atoms with Gasteiger partial charge in [0.25, 0.3) is 5.56 Å². The van der Waals surface area contributed by atoms with Gasteiger partial charge in [0.2, 0.25) is 5.89 Å². The number of para-hydroxylation sites is 1. The lowest BCUT2D eigenvalue weighted by atomic mass is 10.2. The molecular weight excluding hydrogens is 318 g/mol. The first-order valence-electron chi connectivity index (χ1n) is 8.83. The molecule has 128 valence electrons. The average molecular weight is 337 g/mol. The Morgan fingerprint density at radius 3 is 2.96 bits per heavy atom. The topological polar surface area (TPSA) is 87.9 Å². The molecule has 0 amide bonds. The van der Waals surface area contributed by atoms with Crippen LogP contribution in [0, 0.1) is 0 Å². The number of aromatic nitrogens is 4. The van der Waals surface area contributed by atoms with E-state index >= 15 is 0 Å². The average Bonchev–Trinajstić information content (AvgIpc) is 3.17. The highest BCUT2D eigenvalue weighted by molar-refractivity contribution is 5.77. The Kier molecular flexibility index (Phi) is 3.41. The molecule has 1 saturated carbocycles. The predicted octanol–water partition coefficient (Wildman–Crippen LogP) is 2.52. The Balaban J connectivity index is 1.41. The van der Waals surface area contributed by atoms with Gasteiger partial charge in [0, 0.05) is 5.92 Å². The van der Waals surface area contributed by atoms with Crippen LogP contribution in [-0.4, -0.2) is 31.6 Å². The van der Waals surface area contributed by atoms with Crippen LogP contribution in [-0.2, 0) is 6.54 Å². The van der Waals surface area contributed by atoms with Gasteiger partial charge >= 0.3 is 0 Å². The minimum Gasteiger partial charge on any atom is -0.339 e. The molecule has 2 aliphatic rings.